The second kappa shape index (κ2) is 8.72. The lowest BCUT2D eigenvalue weighted by molar-refractivity contribution is -0.151. The molecule has 0 saturated heterocycles. The Morgan fingerprint density at radius 3 is 2.20 bits per heavy atom. The van der Waals surface area contributed by atoms with Crippen LogP contribution >= 0.6 is 0 Å². The molecule has 1 aromatic rings. The van der Waals surface area contributed by atoms with Crippen LogP contribution in [-0.4, -0.2) is 57.2 Å². The molecule has 0 spiro atoms. The number of esters is 1. The number of carbonyl (C=O) groups excluding carboxylic acids is 3. The molecule has 1 aromatic carbocycles. The molecule has 8 nitrogen and oxygen atoms in total. The minimum Gasteiger partial charge on any atom is -0.455 e. The molecular weight excluding hydrogens is 348 g/mol. The minimum atomic E-state index is -3.92. The van der Waals surface area contributed by atoms with Crippen molar-refractivity contribution in [1.29, 1.82) is 0 Å². The van der Waals surface area contributed by atoms with Crippen molar-refractivity contribution in [2.24, 2.45) is 0 Å². The summed E-state index contributed by atoms with van der Waals surface area (Å²) in [5, 5.41) is 0. The second-order valence-electron chi connectivity index (χ2n) is 5.66. The number of rotatable bonds is 8. The molecule has 9 heteroatoms. The lowest BCUT2D eigenvalue weighted by atomic mass is 10.2. The first kappa shape index (κ1) is 20.8. The Bertz CT molecular complexity index is 740. The zero-order valence-electron chi connectivity index (χ0n) is 14.6. The van der Waals surface area contributed by atoms with Crippen molar-refractivity contribution in [2.45, 2.75) is 31.7 Å². The second-order valence-corrected chi connectivity index (χ2v) is 7.43. The van der Waals surface area contributed by atoms with Gasteiger partial charge in [-0.1, -0.05) is 12.1 Å². The number of hydrogen-bond donors (Lipinski definition) is 1. The van der Waals surface area contributed by atoms with Gasteiger partial charge in [-0.2, -0.15) is 4.72 Å². The number of likely N-dealkylation sites (N-methyl/N-ethyl adjacent to an activating group) is 1. The van der Waals surface area contributed by atoms with E-state index in [2.05, 4.69) is 4.72 Å². The number of carbonyl (C=O) groups is 3. The fraction of sp³-hybridized carbons (Fsp3) is 0.438. The van der Waals surface area contributed by atoms with Crippen LogP contribution in [0.5, 0.6) is 0 Å². The monoisotopic (exact) mass is 370 g/mol. The number of Topliss-reactive ketones (excluding diaryl/α,β-unsaturated/α-hetero) is 1. The van der Waals surface area contributed by atoms with E-state index in [1.165, 1.54) is 36.1 Å². The van der Waals surface area contributed by atoms with Gasteiger partial charge in [0.25, 0.3) is 5.91 Å². The van der Waals surface area contributed by atoms with E-state index >= 15 is 0 Å². The number of ether oxygens (including phenoxy) is 1. The van der Waals surface area contributed by atoms with Crippen LogP contribution in [0.3, 0.4) is 0 Å². The summed E-state index contributed by atoms with van der Waals surface area (Å²) in [5.41, 5.74) is 0.381. The number of sulfonamides is 1. The summed E-state index contributed by atoms with van der Waals surface area (Å²) < 4.78 is 31.0. The Morgan fingerprint density at radius 2 is 1.72 bits per heavy atom. The third-order valence-electron chi connectivity index (χ3n) is 3.50. The zero-order chi connectivity index (χ0) is 19.2. The summed E-state index contributed by atoms with van der Waals surface area (Å²) in [6.45, 7) is 3.93. The molecule has 1 N–H and O–H groups in total. The molecule has 0 aliphatic heterocycles. The summed E-state index contributed by atoms with van der Waals surface area (Å²) in [6.07, 6.45) is 0. The Morgan fingerprint density at radius 1 is 1.16 bits per heavy atom. The predicted molar refractivity (Wildman–Crippen MR) is 90.5 cm³/mol. The van der Waals surface area contributed by atoms with E-state index in [4.69, 9.17) is 4.74 Å². The number of nitrogens with zero attached hydrogens (tertiary/aromatic N) is 1. The van der Waals surface area contributed by atoms with Crippen molar-refractivity contribution < 1.29 is 27.5 Å². The summed E-state index contributed by atoms with van der Waals surface area (Å²) in [5.74, 6) is -1.43. The van der Waals surface area contributed by atoms with Gasteiger partial charge >= 0.3 is 5.97 Å². The van der Waals surface area contributed by atoms with Crippen LogP contribution in [0.2, 0.25) is 0 Å². The highest BCUT2D eigenvalue weighted by atomic mass is 32.2. The molecular formula is C16H22N2O6S. The van der Waals surface area contributed by atoms with E-state index < -0.39 is 29.1 Å². The minimum absolute atomic E-state index is 0.0392. The topological polar surface area (TPSA) is 110 Å². The Kier molecular flexibility index (Phi) is 7.25. The molecule has 0 radical (unpaired) electrons. The predicted octanol–water partition coefficient (Wildman–Crippen LogP) is 0.578. The fourth-order valence-electron chi connectivity index (χ4n) is 1.69. The van der Waals surface area contributed by atoms with E-state index in [1.807, 2.05) is 13.8 Å². The normalized spacial score (nSPS) is 11.2. The first-order valence-electron chi connectivity index (χ1n) is 7.56. The number of hydrogen-bond acceptors (Lipinski definition) is 6. The van der Waals surface area contributed by atoms with Crippen LogP contribution in [-0.2, 0) is 24.3 Å². The van der Waals surface area contributed by atoms with Gasteiger partial charge in [-0.25, -0.2) is 8.42 Å². The molecule has 0 aromatic heterocycles. The largest absolute Gasteiger partial charge is 0.455 e. The summed E-state index contributed by atoms with van der Waals surface area (Å²) >= 11 is 0. The average Bonchev–Trinajstić information content (AvgIpc) is 2.57. The Balaban J connectivity index is 2.57. The average molecular weight is 370 g/mol. The maximum Gasteiger partial charge on any atom is 0.321 e. The van der Waals surface area contributed by atoms with Crippen molar-refractivity contribution in [3.8, 4) is 0 Å². The molecule has 1 rings (SSSR count). The van der Waals surface area contributed by atoms with Crippen LogP contribution in [0.4, 0.5) is 0 Å². The van der Waals surface area contributed by atoms with Gasteiger partial charge in [0, 0.05) is 18.7 Å². The van der Waals surface area contributed by atoms with Crippen molar-refractivity contribution in [3.63, 3.8) is 0 Å². The standard InChI is InChI=1S/C16H22N2O6S/c1-11(2)18(4)15(20)10-24-16(21)9-17-25(22,23)14-7-5-13(6-8-14)12(3)19/h5-8,11,17H,9-10H2,1-4H3. The zero-order valence-corrected chi connectivity index (χ0v) is 15.4. The quantitative estimate of drug-likeness (QED) is 0.529. The molecule has 25 heavy (non-hydrogen) atoms. The van der Waals surface area contributed by atoms with Crippen molar-refractivity contribution in [1.82, 2.24) is 9.62 Å². The lowest BCUT2D eigenvalue weighted by Gasteiger charge is -2.21. The van der Waals surface area contributed by atoms with Gasteiger partial charge in [0.2, 0.25) is 10.0 Å². The molecule has 0 bridgehead atoms. The van der Waals surface area contributed by atoms with Gasteiger partial charge < -0.3 is 9.64 Å². The van der Waals surface area contributed by atoms with E-state index in [-0.39, 0.29) is 22.6 Å². The molecule has 0 saturated carbocycles. The van der Waals surface area contributed by atoms with Crippen molar-refractivity contribution >= 4 is 27.7 Å². The smallest absolute Gasteiger partial charge is 0.321 e. The van der Waals surface area contributed by atoms with Crippen LogP contribution in [0.25, 0.3) is 0 Å². The first-order valence-corrected chi connectivity index (χ1v) is 9.05. The number of benzene rings is 1. The van der Waals surface area contributed by atoms with Crippen LogP contribution in [0.15, 0.2) is 29.2 Å². The molecule has 0 aliphatic rings. The first-order chi connectivity index (χ1) is 11.5. The summed E-state index contributed by atoms with van der Waals surface area (Å²) in [7, 11) is -2.35. The van der Waals surface area contributed by atoms with E-state index in [1.54, 1.807) is 7.05 Å². The molecule has 0 unspecified atom stereocenters. The van der Waals surface area contributed by atoms with Crippen LogP contribution < -0.4 is 4.72 Å². The van der Waals surface area contributed by atoms with Gasteiger partial charge in [-0.3, -0.25) is 14.4 Å². The maximum absolute atomic E-state index is 12.1. The number of amides is 1. The fourth-order valence-corrected chi connectivity index (χ4v) is 2.66. The Labute approximate surface area is 147 Å². The van der Waals surface area contributed by atoms with E-state index in [0.717, 1.165) is 0 Å². The number of nitrogens with one attached hydrogen (secondary N) is 1. The third-order valence-corrected chi connectivity index (χ3v) is 4.92. The Hall–Kier alpha value is -2.26. The molecule has 0 heterocycles. The van der Waals surface area contributed by atoms with Crippen molar-refractivity contribution in [2.75, 3.05) is 20.2 Å². The molecule has 1 amide bonds. The van der Waals surface area contributed by atoms with E-state index in [9.17, 15) is 22.8 Å². The summed E-state index contributed by atoms with van der Waals surface area (Å²) in [6, 6.07) is 5.27. The molecule has 0 aliphatic carbocycles. The van der Waals surface area contributed by atoms with Gasteiger partial charge in [-0.15, -0.1) is 0 Å². The third kappa shape index (κ3) is 6.28. The van der Waals surface area contributed by atoms with Crippen LogP contribution in [0.1, 0.15) is 31.1 Å². The van der Waals surface area contributed by atoms with Crippen LogP contribution in [0, 0.1) is 0 Å². The van der Waals surface area contributed by atoms with Gasteiger partial charge in [0.05, 0.1) is 4.90 Å². The SMILES string of the molecule is CC(=O)c1ccc(S(=O)(=O)NCC(=O)OCC(=O)N(C)C(C)C)cc1. The van der Waals surface area contributed by atoms with Gasteiger partial charge in [0.15, 0.2) is 12.4 Å². The van der Waals surface area contributed by atoms with Gasteiger partial charge in [-0.05, 0) is 32.9 Å². The molecule has 0 fully saturated rings. The lowest BCUT2D eigenvalue weighted by Crippen LogP contribution is -2.37. The highest BCUT2D eigenvalue weighted by molar-refractivity contribution is 7.89. The summed E-state index contributed by atoms with van der Waals surface area (Å²) in [4.78, 5) is 35.8. The van der Waals surface area contributed by atoms with Gasteiger partial charge in [0.1, 0.15) is 6.54 Å². The number of ketones is 1. The highest BCUT2D eigenvalue weighted by Crippen LogP contribution is 2.10. The highest BCUT2D eigenvalue weighted by Gasteiger charge is 2.18. The maximum atomic E-state index is 12.1. The molecule has 0 atom stereocenters. The van der Waals surface area contributed by atoms with Crippen molar-refractivity contribution in [3.05, 3.63) is 29.8 Å². The molecule has 138 valence electrons. The van der Waals surface area contributed by atoms with E-state index in [0.29, 0.717) is 5.56 Å².